The molecule has 0 bridgehead atoms. The number of aryl methyl sites for hydroxylation is 1. The number of hydrogen-bond donors (Lipinski definition) is 1. The van der Waals surface area contributed by atoms with Gasteiger partial charge in [-0.2, -0.15) is 0 Å². The second-order valence-corrected chi connectivity index (χ2v) is 4.87. The van der Waals surface area contributed by atoms with Crippen LogP contribution in [-0.2, 0) is 0 Å². The lowest BCUT2D eigenvalue weighted by Gasteiger charge is -2.17. The summed E-state index contributed by atoms with van der Waals surface area (Å²) in [6.07, 6.45) is 2.50. The van der Waals surface area contributed by atoms with E-state index in [2.05, 4.69) is 23.9 Å². The highest BCUT2D eigenvalue weighted by molar-refractivity contribution is 7.15. The first-order valence-electron chi connectivity index (χ1n) is 4.61. The SMILES string of the molecule is Cc1sc(N)nc1C1CCCN1C. The lowest BCUT2D eigenvalue weighted by atomic mass is 10.1. The Morgan fingerprint density at radius 1 is 1.62 bits per heavy atom. The van der Waals surface area contributed by atoms with Crippen LogP contribution in [-0.4, -0.2) is 23.5 Å². The molecule has 0 aliphatic carbocycles. The first-order chi connectivity index (χ1) is 6.18. The first-order valence-corrected chi connectivity index (χ1v) is 5.43. The first kappa shape index (κ1) is 8.97. The van der Waals surface area contributed by atoms with E-state index in [-0.39, 0.29) is 0 Å². The van der Waals surface area contributed by atoms with E-state index in [1.54, 1.807) is 11.3 Å². The van der Waals surface area contributed by atoms with Crippen LogP contribution in [0.3, 0.4) is 0 Å². The molecule has 72 valence electrons. The van der Waals surface area contributed by atoms with Gasteiger partial charge in [0.15, 0.2) is 5.13 Å². The van der Waals surface area contributed by atoms with Crippen molar-refractivity contribution in [2.24, 2.45) is 0 Å². The van der Waals surface area contributed by atoms with Crippen LogP contribution in [0, 0.1) is 6.92 Å². The molecule has 1 unspecified atom stereocenters. The molecule has 1 saturated heterocycles. The highest BCUT2D eigenvalue weighted by Gasteiger charge is 2.26. The van der Waals surface area contributed by atoms with Gasteiger partial charge >= 0.3 is 0 Å². The van der Waals surface area contributed by atoms with E-state index in [0.717, 1.165) is 0 Å². The van der Waals surface area contributed by atoms with E-state index in [9.17, 15) is 0 Å². The van der Waals surface area contributed by atoms with Crippen molar-refractivity contribution in [1.29, 1.82) is 0 Å². The Labute approximate surface area is 82.6 Å². The lowest BCUT2D eigenvalue weighted by Crippen LogP contribution is -2.18. The second-order valence-electron chi connectivity index (χ2n) is 3.63. The molecule has 0 spiro atoms. The number of anilines is 1. The minimum atomic E-state index is 0.508. The summed E-state index contributed by atoms with van der Waals surface area (Å²) >= 11 is 1.60. The maximum atomic E-state index is 5.68. The molecule has 1 aromatic heterocycles. The van der Waals surface area contributed by atoms with Gasteiger partial charge in [-0.15, -0.1) is 11.3 Å². The number of rotatable bonds is 1. The third-order valence-electron chi connectivity index (χ3n) is 2.69. The van der Waals surface area contributed by atoms with E-state index < -0.39 is 0 Å². The molecular weight excluding hydrogens is 182 g/mol. The largest absolute Gasteiger partial charge is 0.375 e. The summed E-state index contributed by atoms with van der Waals surface area (Å²) in [5.41, 5.74) is 6.88. The van der Waals surface area contributed by atoms with Gasteiger partial charge in [-0.1, -0.05) is 0 Å². The number of nitrogens with two attached hydrogens (primary N) is 1. The Hall–Kier alpha value is -0.610. The van der Waals surface area contributed by atoms with Gasteiger partial charge in [-0.3, -0.25) is 4.90 Å². The van der Waals surface area contributed by atoms with Crippen molar-refractivity contribution in [2.45, 2.75) is 25.8 Å². The van der Waals surface area contributed by atoms with Crippen molar-refractivity contribution in [1.82, 2.24) is 9.88 Å². The van der Waals surface area contributed by atoms with Crippen LogP contribution in [0.25, 0.3) is 0 Å². The highest BCUT2D eigenvalue weighted by atomic mass is 32.1. The maximum absolute atomic E-state index is 5.68. The van der Waals surface area contributed by atoms with Crippen molar-refractivity contribution < 1.29 is 0 Å². The zero-order chi connectivity index (χ0) is 9.42. The summed E-state index contributed by atoms with van der Waals surface area (Å²) < 4.78 is 0. The quantitative estimate of drug-likeness (QED) is 0.746. The lowest BCUT2D eigenvalue weighted by molar-refractivity contribution is 0.312. The molecule has 1 aliphatic rings. The van der Waals surface area contributed by atoms with Crippen molar-refractivity contribution in [3.63, 3.8) is 0 Å². The van der Waals surface area contributed by atoms with E-state index in [0.29, 0.717) is 11.2 Å². The Balaban J connectivity index is 2.28. The molecule has 3 nitrogen and oxygen atoms in total. The Kier molecular flexibility index (Phi) is 2.26. The number of aromatic nitrogens is 1. The van der Waals surface area contributed by atoms with Crippen LogP contribution in [0.2, 0.25) is 0 Å². The van der Waals surface area contributed by atoms with Crippen LogP contribution in [0.5, 0.6) is 0 Å². The van der Waals surface area contributed by atoms with Crippen LogP contribution in [0.15, 0.2) is 0 Å². The normalized spacial score (nSPS) is 24.0. The summed E-state index contributed by atoms with van der Waals surface area (Å²) in [5.74, 6) is 0. The zero-order valence-electron chi connectivity index (χ0n) is 8.08. The van der Waals surface area contributed by atoms with Crippen molar-refractivity contribution in [3.8, 4) is 0 Å². The van der Waals surface area contributed by atoms with Gasteiger partial charge in [-0.25, -0.2) is 4.98 Å². The molecule has 2 rings (SSSR count). The van der Waals surface area contributed by atoms with Crippen LogP contribution >= 0.6 is 11.3 Å². The molecule has 0 aromatic carbocycles. The molecule has 2 heterocycles. The van der Waals surface area contributed by atoms with Crippen LogP contribution < -0.4 is 5.73 Å². The Bertz CT molecular complexity index is 308. The number of thiazole rings is 1. The summed E-state index contributed by atoms with van der Waals surface area (Å²) in [6, 6.07) is 0.508. The summed E-state index contributed by atoms with van der Waals surface area (Å²) in [5, 5.41) is 0.702. The molecule has 0 radical (unpaired) electrons. The monoisotopic (exact) mass is 197 g/mol. The number of hydrogen-bond acceptors (Lipinski definition) is 4. The number of nitrogens with zero attached hydrogens (tertiary/aromatic N) is 2. The molecule has 1 atom stereocenters. The second kappa shape index (κ2) is 3.27. The fraction of sp³-hybridized carbons (Fsp3) is 0.667. The van der Waals surface area contributed by atoms with Gasteiger partial charge in [0, 0.05) is 4.88 Å². The molecular formula is C9H15N3S. The smallest absolute Gasteiger partial charge is 0.180 e. The van der Waals surface area contributed by atoms with E-state index >= 15 is 0 Å². The predicted molar refractivity (Wildman–Crippen MR) is 55.9 cm³/mol. The molecule has 0 amide bonds. The van der Waals surface area contributed by atoms with E-state index in [1.165, 1.54) is 30.0 Å². The van der Waals surface area contributed by atoms with Gasteiger partial charge in [0.2, 0.25) is 0 Å². The van der Waals surface area contributed by atoms with Gasteiger partial charge in [-0.05, 0) is 33.4 Å². The summed E-state index contributed by atoms with van der Waals surface area (Å²) in [7, 11) is 2.16. The van der Waals surface area contributed by atoms with Crippen molar-refractivity contribution in [2.75, 3.05) is 19.3 Å². The fourth-order valence-electron chi connectivity index (χ4n) is 1.99. The third-order valence-corrected chi connectivity index (χ3v) is 3.50. The number of likely N-dealkylation sites (tertiary alicyclic amines) is 1. The molecule has 1 aromatic rings. The third kappa shape index (κ3) is 1.56. The Morgan fingerprint density at radius 3 is 2.85 bits per heavy atom. The summed E-state index contributed by atoms with van der Waals surface area (Å²) in [4.78, 5) is 8.03. The summed E-state index contributed by atoms with van der Waals surface area (Å²) in [6.45, 7) is 3.29. The Morgan fingerprint density at radius 2 is 2.38 bits per heavy atom. The van der Waals surface area contributed by atoms with Gasteiger partial charge in [0.1, 0.15) is 0 Å². The zero-order valence-corrected chi connectivity index (χ0v) is 8.90. The predicted octanol–water partition coefficient (Wildman–Crippen LogP) is 1.80. The van der Waals surface area contributed by atoms with Gasteiger partial charge < -0.3 is 5.73 Å². The van der Waals surface area contributed by atoms with Crippen molar-refractivity contribution in [3.05, 3.63) is 10.6 Å². The molecule has 13 heavy (non-hydrogen) atoms. The molecule has 0 saturated carbocycles. The minimum absolute atomic E-state index is 0.508. The molecule has 1 fully saturated rings. The molecule has 2 N–H and O–H groups in total. The standard InChI is InChI=1S/C9H15N3S/c1-6-8(11-9(10)13-6)7-4-3-5-12(7)2/h7H,3-5H2,1-2H3,(H2,10,11). The van der Waals surface area contributed by atoms with Gasteiger partial charge in [0.05, 0.1) is 11.7 Å². The van der Waals surface area contributed by atoms with Crippen LogP contribution in [0.4, 0.5) is 5.13 Å². The van der Waals surface area contributed by atoms with Crippen molar-refractivity contribution >= 4 is 16.5 Å². The molecule has 1 aliphatic heterocycles. The molecule has 4 heteroatoms. The van der Waals surface area contributed by atoms with Crippen LogP contribution in [0.1, 0.15) is 29.5 Å². The fourth-order valence-corrected chi connectivity index (χ4v) is 2.74. The average molecular weight is 197 g/mol. The maximum Gasteiger partial charge on any atom is 0.180 e. The van der Waals surface area contributed by atoms with E-state index in [1.807, 2.05) is 0 Å². The number of nitrogen functional groups attached to an aromatic ring is 1. The van der Waals surface area contributed by atoms with E-state index in [4.69, 9.17) is 5.73 Å². The highest BCUT2D eigenvalue weighted by Crippen LogP contribution is 2.34. The van der Waals surface area contributed by atoms with Gasteiger partial charge in [0.25, 0.3) is 0 Å². The topological polar surface area (TPSA) is 42.1 Å². The average Bonchev–Trinajstić information content (AvgIpc) is 2.58. The minimum Gasteiger partial charge on any atom is -0.375 e.